The van der Waals surface area contributed by atoms with Crippen molar-refractivity contribution in [3.63, 3.8) is 0 Å². The van der Waals surface area contributed by atoms with Crippen LogP contribution in [-0.2, 0) is 17.9 Å². The number of hydrogen-bond donors (Lipinski definition) is 1. The van der Waals surface area contributed by atoms with Crippen molar-refractivity contribution in [3.8, 4) is 0 Å². The monoisotopic (exact) mass is 265 g/mol. The second kappa shape index (κ2) is 6.58. The molecule has 0 atom stereocenters. The summed E-state index contributed by atoms with van der Waals surface area (Å²) in [5.74, 6) is 0.978. The summed E-state index contributed by atoms with van der Waals surface area (Å²) in [7, 11) is 0. The lowest BCUT2D eigenvalue weighted by atomic mass is 9.76. The molecule has 1 aliphatic rings. The van der Waals surface area contributed by atoms with Gasteiger partial charge in [-0.25, -0.2) is 0 Å². The van der Waals surface area contributed by atoms with E-state index in [0.29, 0.717) is 18.1 Å². The van der Waals surface area contributed by atoms with Gasteiger partial charge < -0.3 is 14.5 Å². The van der Waals surface area contributed by atoms with Crippen molar-refractivity contribution in [2.75, 3.05) is 6.54 Å². The van der Waals surface area contributed by atoms with E-state index in [9.17, 15) is 0 Å². The molecule has 1 fully saturated rings. The van der Waals surface area contributed by atoms with Gasteiger partial charge in [-0.1, -0.05) is 20.8 Å². The Balaban J connectivity index is 1.78. The molecule has 1 heterocycles. The maximum absolute atomic E-state index is 6.02. The molecular formula is C16H27NO2. The van der Waals surface area contributed by atoms with Crippen molar-refractivity contribution in [1.29, 1.82) is 0 Å². The Labute approximate surface area is 116 Å². The molecule has 1 saturated carbocycles. The number of ether oxygens (including phenoxy) is 1. The normalized spacial score (nSPS) is 19.7. The van der Waals surface area contributed by atoms with Gasteiger partial charge in [-0.2, -0.15) is 0 Å². The Morgan fingerprint density at radius 1 is 1.37 bits per heavy atom. The lowest BCUT2D eigenvalue weighted by molar-refractivity contribution is -0.0124. The van der Waals surface area contributed by atoms with E-state index in [4.69, 9.17) is 9.15 Å². The first-order valence-corrected chi connectivity index (χ1v) is 7.48. The Hall–Kier alpha value is -0.800. The molecule has 1 aromatic heterocycles. The molecule has 1 N–H and O–H groups in total. The number of rotatable bonds is 6. The lowest BCUT2D eigenvalue weighted by Crippen LogP contribution is -2.26. The predicted molar refractivity (Wildman–Crippen MR) is 76.9 cm³/mol. The van der Waals surface area contributed by atoms with Crippen LogP contribution >= 0.6 is 0 Å². The third-order valence-electron chi connectivity index (χ3n) is 4.14. The molecule has 19 heavy (non-hydrogen) atoms. The summed E-state index contributed by atoms with van der Waals surface area (Å²) in [5, 5.41) is 3.32. The molecule has 0 bridgehead atoms. The van der Waals surface area contributed by atoms with Crippen LogP contribution in [0.2, 0.25) is 0 Å². The van der Waals surface area contributed by atoms with Gasteiger partial charge in [0.05, 0.1) is 12.4 Å². The number of hydrogen-bond acceptors (Lipinski definition) is 3. The minimum atomic E-state index is 0.408. The first-order valence-electron chi connectivity index (χ1n) is 7.48. The Bertz CT molecular complexity index is 374. The highest BCUT2D eigenvalue weighted by Crippen LogP contribution is 2.36. The smallest absolute Gasteiger partial charge is 0.133 e. The predicted octanol–water partition coefficient (Wildman–Crippen LogP) is 3.87. The summed E-state index contributed by atoms with van der Waals surface area (Å²) >= 11 is 0. The zero-order chi connectivity index (χ0) is 13.7. The second-order valence-corrected chi connectivity index (χ2v) is 6.32. The van der Waals surface area contributed by atoms with Crippen LogP contribution in [-0.4, -0.2) is 12.6 Å². The summed E-state index contributed by atoms with van der Waals surface area (Å²) in [4.78, 5) is 0. The first kappa shape index (κ1) is 14.6. The zero-order valence-electron chi connectivity index (χ0n) is 12.5. The molecule has 3 heteroatoms. The van der Waals surface area contributed by atoms with Crippen LogP contribution in [0.1, 0.15) is 57.8 Å². The van der Waals surface area contributed by atoms with Crippen molar-refractivity contribution in [2.24, 2.45) is 5.41 Å². The van der Waals surface area contributed by atoms with E-state index < -0.39 is 0 Å². The van der Waals surface area contributed by atoms with Crippen molar-refractivity contribution < 1.29 is 9.15 Å². The van der Waals surface area contributed by atoms with Gasteiger partial charge in [0.25, 0.3) is 0 Å². The average Bonchev–Trinajstić information content (AvgIpc) is 2.82. The third-order valence-corrected chi connectivity index (χ3v) is 4.14. The van der Waals surface area contributed by atoms with E-state index in [-0.39, 0.29) is 0 Å². The Kier molecular flexibility index (Phi) is 5.06. The van der Waals surface area contributed by atoms with Gasteiger partial charge in [0.15, 0.2) is 0 Å². The van der Waals surface area contributed by atoms with Gasteiger partial charge in [0.2, 0.25) is 0 Å². The molecular weight excluding hydrogens is 238 g/mol. The fourth-order valence-corrected chi connectivity index (χ4v) is 2.64. The van der Waals surface area contributed by atoms with Gasteiger partial charge in [0, 0.05) is 12.1 Å². The summed E-state index contributed by atoms with van der Waals surface area (Å²) in [6.07, 6.45) is 7.05. The number of furan rings is 1. The van der Waals surface area contributed by atoms with Crippen LogP contribution in [0, 0.1) is 5.41 Å². The molecule has 1 aliphatic carbocycles. The van der Waals surface area contributed by atoms with Crippen molar-refractivity contribution in [3.05, 3.63) is 23.7 Å². The fraction of sp³-hybridized carbons (Fsp3) is 0.750. The van der Waals surface area contributed by atoms with E-state index in [2.05, 4.69) is 26.1 Å². The quantitative estimate of drug-likeness (QED) is 0.847. The highest BCUT2D eigenvalue weighted by atomic mass is 16.5. The molecule has 0 amide bonds. The van der Waals surface area contributed by atoms with E-state index in [1.807, 2.05) is 6.07 Å². The molecule has 0 unspecified atom stereocenters. The van der Waals surface area contributed by atoms with Crippen LogP contribution in [0.25, 0.3) is 0 Å². The topological polar surface area (TPSA) is 34.4 Å². The standard InChI is InChI=1S/C16H27NO2/c1-4-17-11-13-7-10-18-15(13)12-19-14-5-8-16(2,3)9-6-14/h7,10,14,17H,4-6,8-9,11-12H2,1-3H3. The fourth-order valence-electron chi connectivity index (χ4n) is 2.64. The largest absolute Gasteiger partial charge is 0.467 e. The highest BCUT2D eigenvalue weighted by molar-refractivity contribution is 5.16. The van der Waals surface area contributed by atoms with Gasteiger partial charge >= 0.3 is 0 Å². The van der Waals surface area contributed by atoms with E-state index in [1.165, 1.54) is 31.2 Å². The maximum atomic E-state index is 6.02. The van der Waals surface area contributed by atoms with Crippen LogP contribution < -0.4 is 5.32 Å². The van der Waals surface area contributed by atoms with Crippen LogP contribution in [0.3, 0.4) is 0 Å². The number of nitrogens with one attached hydrogen (secondary N) is 1. The van der Waals surface area contributed by atoms with E-state index >= 15 is 0 Å². The molecule has 0 radical (unpaired) electrons. The van der Waals surface area contributed by atoms with Crippen molar-refractivity contribution in [1.82, 2.24) is 5.32 Å². The van der Waals surface area contributed by atoms with E-state index in [1.54, 1.807) is 6.26 Å². The second-order valence-electron chi connectivity index (χ2n) is 6.32. The maximum Gasteiger partial charge on any atom is 0.133 e. The first-order chi connectivity index (χ1) is 9.11. The minimum Gasteiger partial charge on any atom is -0.467 e. The van der Waals surface area contributed by atoms with Gasteiger partial charge in [-0.3, -0.25) is 0 Å². The van der Waals surface area contributed by atoms with Crippen LogP contribution in [0.4, 0.5) is 0 Å². The van der Waals surface area contributed by atoms with Crippen LogP contribution in [0.15, 0.2) is 16.7 Å². The van der Waals surface area contributed by atoms with Crippen molar-refractivity contribution in [2.45, 2.75) is 65.7 Å². The molecule has 0 aliphatic heterocycles. The SMILES string of the molecule is CCNCc1ccoc1COC1CCC(C)(C)CC1. The van der Waals surface area contributed by atoms with Gasteiger partial charge in [0.1, 0.15) is 12.4 Å². The third kappa shape index (κ3) is 4.36. The molecule has 1 aromatic rings. The Morgan fingerprint density at radius 2 is 2.11 bits per heavy atom. The minimum absolute atomic E-state index is 0.408. The summed E-state index contributed by atoms with van der Waals surface area (Å²) in [6.45, 7) is 9.26. The average molecular weight is 265 g/mol. The molecule has 3 nitrogen and oxygen atoms in total. The Morgan fingerprint density at radius 3 is 2.79 bits per heavy atom. The lowest BCUT2D eigenvalue weighted by Gasteiger charge is -2.34. The molecule has 0 aromatic carbocycles. The summed E-state index contributed by atoms with van der Waals surface area (Å²) < 4.78 is 11.5. The molecule has 2 rings (SSSR count). The van der Waals surface area contributed by atoms with Gasteiger partial charge in [-0.15, -0.1) is 0 Å². The summed E-state index contributed by atoms with van der Waals surface area (Å²) in [5.41, 5.74) is 1.72. The van der Waals surface area contributed by atoms with Crippen molar-refractivity contribution >= 4 is 0 Å². The molecule has 108 valence electrons. The summed E-state index contributed by atoms with van der Waals surface area (Å²) in [6, 6.07) is 2.03. The van der Waals surface area contributed by atoms with E-state index in [0.717, 1.165) is 18.8 Å². The van der Waals surface area contributed by atoms with Crippen LogP contribution in [0.5, 0.6) is 0 Å². The highest BCUT2D eigenvalue weighted by Gasteiger charge is 2.27. The molecule has 0 saturated heterocycles. The molecule has 0 spiro atoms. The zero-order valence-corrected chi connectivity index (χ0v) is 12.5. The van der Waals surface area contributed by atoms with Gasteiger partial charge in [-0.05, 0) is 43.7 Å².